The van der Waals surface area contributed by atoms with Crippen molar-refractivity contribution >= 4 is 22.5 Å². The lowest BCUT2D eigenvalue weighted by Gasteiger charge is -2.31. The quantitative estimate of drug-likeness (QED) is 0.356. The second-order valence-electron chi connectivity index (χ2n) is 10.1. The van der Waals surface area contributed by atoms with Crippen molar-refractivity contribution in [2.45, 2.75) is 72.0 Å². The molecule has 0 spiro atoms. The summed E-state index contributed by atoms with van der Waals surface area (Å²) in [6, 6.07) is 5.42. The van der Waals surface area contributed by atoms with Crippen LogP contribution in [0.3, 0.4) is 0 Å². The molecule has 5 heterocycles. The highest BCUT2D eigenvalue weighted by Crippen LogP contribution is 2.37. The molecule has 0 bridgehead atoms. The van der Waals surface area contributed by atoms with Gasteiger partial charge in [-0.1, -0.05) is 13.8 Å². The van der Waals surface area contributed by atoms with Crippen LogP contribution in [0.2, 0.25) is 0 Å². The second kappa shape index (κ2) is 9.00. The number of aromatic amines is 1. The van der Waals surface area contributed by atoms with Crippen molar-refractivity contribution in [3.8, 4) is 11.3 Å². The molecule has 1 saturated heterocycles. The topological polar surface area (TPSA) is 92.2 Å². The van der Waals surface area contributed by atoms with Gasteiger partial charge in [0.2, 0.25) is 0 Å². The zero-order valence-corrected chi connectivity index (χ0v) is 20.9. The lowest BCUT2D eigenvalue weighted by atomic mass is 9.95. The van der Waals surface area contributed by atoms with E-state index < -0.39 is 0 Å². The van der Waals surface area contributed by atoms with Gasteiger partial charge in [0.15, 0.2) is 5.65 Å². The molecule has 8 heteroatoms. The lowest BCUT2D eigenvalue weighted by Crippen LogP contribution is -2.50. The van der Waals surface area contributed by atoms with Gasteiger partial charge in [0, 0.05) is 29.4 Å². The van der Waals surface area contributed by atoms with Crippen LogP contribution in [-0.2, 0) is 4.74 Å². The molecule has 1 aliphatic heterocycles. The zero-order valence-electron chi connectivity index (χ0n) is 20.9. The predicted octanol–water partition coefficient (Wildman–Crippen LogP) is 4.58. The van der Waals surface area contributed by atoms with Crippen molar-refractivity contribution in [2.24, 2.45) is 0 Å². The van der Waals surface area contributed by atoms with E-state index in [9.17, 15) is 0 Å². The van der Waals surface area contributed by atoms with Crippen molar-refractivity contribution in [1.29, 1.82) is 0 Å². The monoisotopic (exact) mass is 461 g/mol. The number of aryl methyl sites for hydroxylation is 1. The summed E-state index contributed by atoms with van der Waals surface area (Å²) in [7, 11) is 0. The van der Waals surface area contributed by atoms with E-state index in [-0.39, 0.29) is 0 Å². The molecule has 3 N–H and O–H groups in total. The number of pyridine rings is 2. The van der Waals surface area contributed by atoms with Gasteiger partial charge in [-0.25, -0.2) is 14.5 Å². The summed E-state index contributed by atoms with van der Waals surface area (Å²) in [4.78, 5) is 13.1. The largest absolute Gasteiger partial charge is 0.378 e. The fourth-order valence-electron chi connectivity index (χ4n) is 5.04. The molecule has 0 radical (unpaired) electrons. The maximum Gasteiger partial charge on any atom is 0.158 e. The Balaban J connectivity index is 1.46. The molecule has 5 rings (SSSR count). The second-order valence-corrected chi connectivity index (χ2v) is 10.1. The van der Waals surface area contributed by atoms with E-state index in [1.54, 1.807) is 6.33 Å². The molecular formula is C26H35N7O. The van der Waals surface area contributed by atoms with E-state index in [2.05, 4.69) is 85.6 Å². The number of hydrogen-bond acceptors (Lipinski definition) is 6. The summed E-state index contributed by atoms with van der Waals surface area (Å²) >= 11 is 0. The lowest BCUT2D eigenvalue weighted by molar-refractivity contribution is -0.00962. The molecule has 0 amide bonds. The van der Waals surface area contributed by atoms with Crippen molar-refractivity contribution in [3.63, 3.8) is 0 Å². The molecular weight excluding hydrogens is 426 g/mol. The van der Waals surface area contributed by atoms with Crippen molar-refractivity contribution in [2.75, 3.05) is 18.5 Å². The first-order valence-electron chi connectivity index (χ1n) is 12.2. The average Bonchev–Trinajstić information content (AvgIpc) is 3.37. The van der Waals surface area contributed by atoms with Gasteiger partial charge in [-0.2, -0.15) is 5.10 Å². The minimum atomic E-state index is 0.300. The van der Waals surface area contributed by atoms with Gasteiger partial charge in [-0.05, 0) is 63.3 Å². The van der Waals surface area contributed by atoms with Crippen molar-refractivity contribution < 1.29 is 4.74 Å². The Hall–Kier alpha value is -2.97. The number of hydrogen-bond donors (Lipinski definition) is 3. The van der Waals surface area contributed by atoms with Crippen LogP contribution < -0.4 is 10.6 Å². The zero-order chi connectivity index (χ0) is 24.0. The van der Waals surface area contributed by atoms with E-state index in [0.29, 0.717) is 24.0 Å². The minimum Gasteiger partial charge on any atom is -0.378 e. The van der Waals surface area contributed by atoms with Crippen LogP contribution in [-0.4, -0.2) is 55.9 Å². The van der Waals surface area contributed by atoms with Crippen LogP contribution in [0.1, 0.15) is 56.7 Å². The molecule has 4 aromatic heterocycles. The summed E-state index contributed by atoms with van der Waals surface area (Å²) < 4.78 is 7.13. The Kier molecular flexibility index (Phi) is 6.04. The van der Waals surface area contributed by atoms with Gasteiger partial charge in [-0.15, -0.1) is 0 Å². The molecule has 4 aromatic rings. The smallest absolute Gasteiger partial charge is 0.158 e. The number of anilines is 1. The molecule has 1 fully saturated rings. The average molecular weight is 462 g/mol. The number of ether oxygens (including phenoxy) is 1. The van der Waals surface area contributed by atoms with Crippen LogP contribution >= 0.6 is 0 Å². The molecule has 2 atom stereocenters. The third-order valence-corrected chi connectivity index (χ3v) is 6.91. The highest BCUT2D eigenvalue weighted by molar-refractivity contribution is 5.90. The summed E-state index contributed by atoms with van der Waals surface area (Å²) in [5.41, 5.74) is 8.80. The number of H-pyrrole nitrogens is 1. The number of nitrogens with zero attached hydrogens (tertiary/aromatic N) is 4. The summed E-state index contributed by atoms with van der Waals surface area (Å²) in [6.07, 6.45) is 4.70. The van der Waals surface area contributed by atoms with Gasteiger partial charge in [0.1, 0.15) is 12.1 Å². The maximum absolute atomic E-state index is 5.27. The highest BCUT2D eigenvalue weighted by atomic mass is 16.5. The van der Waals surface area contributed by atoms with Crippen molar-refractivity contribution in [3.05, 3.63) is 41.3 Å². The van der Waals surface area contributed by atoms with Crippen LogP contribution in [0, 0.1) is 13.8 Å². The van der Waals surface area contributed by atoms with Crippen LogP contribution in [0.5, 0.6) is 0 Å². The SMILES string of the molecule is Cc1c(-c2[nH]c3ccc(N[C@@H](C)C[C@H](C)NC4COC4)nc3c2C(C)C)cn2ncnc2c1C. The number of fused-ring (bicyclic) bond motifs is 2. The van der Waals surface area contributed by atoms with Gasteiger partial charge < -0.3 is 20.4 Å². The minimum absolute atomic E-state index is 0.300. The number of aromatic nitrogens is 5. The van der Waals surface area contributed by atoms with Crippen LogP contribution in [0.15, 0.2) is 24.7 Å². The van der Waals surface area contributed by atoms with Crippen LogP contribution in [0.25, 0.3) is 27.9 Å². The first-order chi connectivity index (χ1) is 16.3. The Morgan fingerprint density at radius 2 is 1.91 bits per heavy atom. The summed E-state index contributed by atoms with van der Waals surface area (Å²) in [6.45, 7) is 14.8. The van der Waals surface area contributed by atoms with Gasteiger partial charge in [0.05, 0.1) is 36.0 Å². The van der Waals surface area contributed by atoms with E-state index in [0.717, 1.165) is 59.0 Å². The van der Waals surface area contributed by atoms with E-state index >= 15 is 0 Å². The maximum atomic E-state index is 5.27. The molecule has 0 aliphatic carbocycles. The molecule has 0 unspecified atom stereocenters. The standard InChI is InChI=1S/C26H35N7O/c1-14(2)23-24(20-10-33-26(27-13-28-33)18(6)17(20)5)31-21-7-8-22(32-25(21)23)30-16(4)9-15(3)29-19-11-34-12-19/h7-8,10,13-16,19,29,31H,9,11-12H2,1-6H3,(H,30,32)/t15-,16-/m0/s1. The summed E-state index contributed by atoms with van der Waals surface area (Å²) in [5, 5.41) is 11.6. The van der Waals surface area contributed by atoms with E-state index in [1.165, 1.54) is 11.1 Å². The third-order valence-electron chi connectivity index (χ3n) is 6.91. The molecule has 34 heavy (non-hydrogen) atoms. The molecule has 0 aromatic carbocycles. The van der Waals surface area contributed by atoms with Crippen LogP contribution in [0.4, 0.5) is 5.82 Å². The first-order valence-corrected chi connectivity index (χ1v) is 12.2. The van der Waals surface area contributed by atoms with E-state index in [4.69, 9.17) is 9.72 Å². The fourth-order valence-corrected chi connectivity index (χ4v) is 5.04. The van der Waals surface area contributed by atoms with Crippen molar-refractivity contribution in [1.82, 2.24) is 29.9 Å². The Bertz CT molecular complexity index is 1320. The molecule has 8 nitrogen and oxygen atoms in total. The molecule has 0 saturated carbocycles. The molecule has 180 valence electrons. The summed E-state index contributed by atoms with van der Waals surface area (Å²) in [5.74, 6) is 1.22. The van der Waals surface area contributed by atoms with Gasteiger partial charge >= 0.3 is 0 Å². The Labute approximate surface area is 200 Å². The number of nitrogens with one attached hydrogen (secondary N) is 3. The number of rotatable bonds is 8. The normalized spacial score (nSPS) is 16.3. The highest BCUT2D eigenvalue weighted by Gasteiger charge is 2.23. The van der Waals surface area contributed by atoms with E-state index in [1.807, 2.05) is 4.52 Å². The first kappa shape index (κ1) is 22.8. The third kappa shape index (κ3) is 4.16. The Morgan fingerprint density at radius 1 is 1.12 bits per heavy atom. The fraction of sp³-hybridized carbons (Fsp3) is 0.500. The molecule has 1 aliphatic rings. The Morgan fingerprint density at radius 3 is 2.62 bits per heavy atom. The van der Waals surface area contributed by atoms with Gasteiger partial charge in [-0.3, -0.25) is 0 Å². The predicted molar refractivity (Wildman–Crippen MR) is 137 cm³/mol. The van der Waals surface area contributed by atoms with Gasteiger partial charge in [0.25, 0.3) is 0 Å².